The van der Waals surface area contributed by atoms with Gasteiger partial charge in [0.05, 0.1) is 10.6 Å². The van der Waals surface area contributed by atoms with Crippen LogP contribution in [-0.4, -0.2) is 10.2 Å². The van der Waals surface area contributed by atoms with E-state index in [0.29, 0.717) is 9.23 Å². The van der Waals surface area contributed by atoms with Crippen LogP contribution in [0, 0.1) is 22.7 Å². The Hall–Kier alpha value is -3.19. The standard InChI is InChI=1S/C20H11N3OS2/c21-12-16(13-22)10-14-6-8-15(9-7-14)11-18-19(24)23(20(25)26-18)17-4-2-1-3-5-17/h1-11H. The van der Waals surface area contributed by atoms with Gasteiger partial charge in [0.25, 0.3) is 5.91 Å². The summed E-state index contributed by atoms with van der Waals surface area (Å²) in [7, 11) is 0. The quantitative estimate of drug-likeness (QED) is 0.449. The van der Waals surface area contributed by atoms with E-state index in [-0.39, 0.29) is 11.5 Å². The molecule has 0 radical (unpaired) electrons. The van der Waals surface area contributed by atoms with Crippen LogP contribution in [0.15, 0.2) is 65.1 Å². The summed E-state index contributed by atoms with van der Waals surface area (Å²) in [4.78, 5) is 14.8. The molecule has 0 spiro atoms. The van der Waals surface area contributed by atoms with Crippen LogP contribution in [0.5, 0.6) is 0 Å². The predicted octanol–water partition coefficient (Wildman–Crippen LogP) is 4.52. The third-order valence-electron chi connectivity index (χ3n) is 3.59. The molecule has 0 aromatic heterocycles. The summed E-state index contributed by atoms with van der Waals surface area (Å²) >= 11 is 6.61. The maximum atomic E-state index is 12.7. The number of allylic oxidation sites excluding steroid dienone is 1. The van der Waals surface area contributed by atoms with E-state index >= 15 is 0 Å². The third kappa shape index (κ3) is 3.73. The minimum Gasteiger partial charge on any atom is -0.268 e. The number of anilines is 1. The minimum atomic E-state index is -0.147. The van der Waals surface area contributed by atoms with E-state index in [0.717, 1.165) is 16.8 Å². The van der Waals surface area contributed by atoms with E-state index in [4.69, 9.17) is 22.7 Å². The van der Waals surface area contributed by atoms with Gasteiger partial charge >= 0.3 is 0 Å². The van der Waals surface area contributed by atoms with Crippen LogP contribution < -0.4 is 4.90 Å². The number of amides is 1. The van der Waals surface area contributed by atoms with E-state index < -0.39 is 0 Å². The molecule has 4 nitrogen and oxygen atoms in total. The molecule has 0 unspecified atom stereocenters. The van der Waals surface area contributed by atoms with Gasteiger partial charge in [-0.2, -0.15) is 10.5 Å². The van der Waals surface area contributed by atoms with Gasteiger partial charge in [-0.1, -0.05) is 66.4 Å². The normalized spacial score (nSPS) is 14.8. The van der Waals surface area contributed by atoms with Crippen LogP contribution in [0.25, 0.3) is 12.2 Å². The van der Waals surface area contributed by atoms with E-state index in [2.05, 4.69) is 0 Å². The number of para-hydroxylation sites is 1. The van der Waals surface area contributed by atoms with Crippen molar-refractivity contribution in [3.8, 4) is 12.1 Å². The van der Waals surface area contributed by atoms with Crippen LogP contribution >= 0.6 is 24.0 Å². The molecular weight excluding hydrogens is 362 g/mol. The number of thioether (sulfide) groups is 1. The highest BCUT2D eigenvalue weighted by atomic mass is 32.2. The van der Waals surface area contributed by atoms with Crippen LogP contribution in [-0.2, 0) is 4.79 Å². The number of hydrogen-bond donors (Lipinski definition) is 0. The fourth-order valence-electron chi connectivity index (χ4n) is 2.36. The van der Waals surface area contributed by atoms with Gasteiger partial charge < -0.3 is 0 Å². The second-order valence-electron chi connectivity index (χ2n) is 5.30. The fraction of sp³-hybridized carbons (Fsp3) is 0. The van der Waals surface area contributed by atoms with E-state index in [1.165, 1.54) is 22.7 Å². The first-order valence-electron chi connectivity index (χ1n) is 7.57. The number of carbonyl (C=O) groups excluding carboxylic acids is 1. The monoisotopic (exact) mass is 373 g/mol. The summed E-state index contributed by atoms with van der Waals surface area (Å²) in [5.41, 5.74) is 2.38. The Morgan fingerprint density at radius 3 is 2.23 bits per heavy atom. The lowest BCUT2D eigenvalue weighted by Gasteiger charge is -2.13. The smallest absolute Gasteiger partial charge is 0.268 e. The number of nitriles is 2. The zero-order chi connectivity index (χ0) is 18.5. The molecule has 26 heavy (non-hydrogen) atoms. The minimum absolute atomic E-state index is 0.0430. The Morgan fingerprint density at radius 1 is 1.00 bits per heavy atom. The highest BCUT2D eigenvalue weighted by Crippen LogP contribution is 2.35. The van der Waals surface area contributed by atoms with Gasteiger partial charge in [0.1, 0.15) is 17.7 Å². The number of benzene rings is 2. The van der Waals surface area contributed by atoms with Crippen molar-refractivity contribution < 1.29 is 4.79 Å². The molecule has 0 aliphatic carbocycles. The van der Waals surface area contributed by atoms with E-state index in [1.54, 1.807) is 18.2 Å². The van der Waals surface area contributed by atoms with Crippen molar-refractivity contribution in [2.45, 2.75) is 0 Å². The lowest BCUT2D eigenvalue weighted by molar-refractivity contribution is -0.113. The molecule has 124 valence electrons. The summed E-state index contributed by atoms with van der Waals surface area (Å²) < 4.78 is 0.500. The van der Waals surface area contributed by atoms with Gasteiger partial charge in [0.2, 0.25) is 0 Å². The Balaban J connectivity index is 1.84. The van der Waals surface area contributed by atoms with E-state index in [1.807, 2.05) is 54.6 Å². The van der Waals surface area contributed by atoms with Crippen molar-refractivity contribution >= 4 is 52.0 Å². The molecule has 0 atom stereocenters. The molecule has 2 aromatic rings. The van der Waals surface area contributed by atoms with Crippen molar-refractivity contribution in [2.24, 2.45) is 0 Å². The molecule has 1 saturated heterocycles. The third-order valence-corrected chi connectivity index (χ3v) is 4.90. The predicted molar refractivity (Wildman–Crippen MR) is 108 cm³/mol. The molecule has 1 aliphatic heterocycles. The Labute approximate surface area is 160 Å². The number of hydrogen-bond acceptors (Lipinski definition) is 5. The van der Waals surface area contributed by atoms with E-state index in [9.17, 15) is 4.79 Å². The molecule has 3 rings (SSSR count). The number of thiocarbonyl (C=S) groups is 1. The SMILES string of the molecule is N#CC(C#N)=Cc1ccc(C=C2SC(=S)N(c3ccccc3)C2=O)cc1. The van der Waals surface area contributed by atoms with Crippen molar-refractivity contribution in [2.75, 3.05) is 4.90 Å². The highest BCUT2D eigenvalue weighted by molar-refractivity contribution is 8.27. The van der Waals surface area contributed by atoms with Crippen LogP contribution in [0.3, 0.4) is 0 Å². The molecule has 2 aromatic carbocycles. The summed E-state index contributed by atoms with van der Waals surface area (Å²) in [6.07, 6.45) is 3.30. The van der Waals surface area contributed by atoms with Crippen LogP contribution in [0.1, 0.15) is 11.1 Å². The summed E-state index contributed by atoms with van der Waals surface area (Å²) in [5, 5.41) is 17.6. The molecule has 1 fully saturated rings. The zero-order valence-corrected chi connectivity index (χ0v) is 15.1. The number of rotatable bonds is 3. The largest absolute Gasteiger partial charge is 0.270 e. The molecule has 0 saturated carbocycles. The van der Waals surface area contributed by atoms with Gasteiger partial charge in [-0.3, -0.25) is 9.69 Å². The Kier molecular flexibility index (Phi) is 5.28. The molecular formula is C20H11N3OS2. The van der Waals surface area contributed by atoms with Crippen molar-refractivity contribution in [3.63, 3.8) is 0 Å². The van der Waals surface area contributed by atoms with Gasteiger partial charge in [-0.25, -0.2) is 0 Å². The van der Waals surface area contributed by atoms with Crippen LogP contribution in [0.4, 0.5) is 5.69 Å². The molecule has 1 aliphatic rings. The second kappa shape index (κ2) is 7.79. The summed E-state index contributed by atoms with van der Waals surface area (Å²) in [6.45, 7) is 0. The first kappa shape index (κ1) is 17.6. The Bertz CT molecular complexity index is 994. The number of nitrogens with zero attached hydrogens (tertiary/aromatic N) is 3. The zero-order valence-electron chi connectivity index (χ0n) is 13.4. The summed E-state index contributed by atoms with van der Waals surface area (Å²) in [6, 6.07) is 20.2. The second-order valence-corrected chi connectivity index (χ2v) is 6.98. The van der Waals surface area contributed by atoms with Crippen molar-refractivity contribution in [3.05, 3.63) is 76.2 Å². The van der Waals surface area contributed by atoms with Crippen molar-refractivity contribution in [1.29, 1.82) is 10.5 Å². The van der Waals surface area contributed by atoms with Gasteiger partial charge in [0.15, 0.2) is 4.32 Å². The van der Waals surface area contributed by atoms with Gasteiger partial charge in [-0.15, -0.1) is 0 Å². The fourth-order valence-corrected chi connectivity index (χ4v) is 3.66. The maximum absolute atomic E-state index is 12.7. The van der Waals surface area contributed by atoms with Crippen molar-refractivity contribution in [1.82, 2.24) is 0 Å². The molecule has 0 bridgehead atoms. The van der Waals surface area contributed by atoms with Gasteiger partial charge in [0, 0.05) is 0 Å². The van der Waals surface area contributed by atoms with Crippen LogP contribution in [0.2, 0.25) is 0 Å². The lowest BCUT2D eigenvalue weighted by Crippen LogP contribution is -2.27. The molecule has 0 N–H and O–H groups in total. The lowest BCUT2D eigenvalue weighted by atomic mass is 10.1. The Morgan fingerprint density at radius 2 is 1.62 bits per heavy atom. The molecule has 1 heterocycles. The average molecular weight is 373 g/mol. The summed E-state index contributed by atoms with van der Waals surface area (Å²) in [5.74, 6) is -0.147. The average Bonchev–Trinajstić information content (AvgIpc) is 2.95. The van der Waals surface area contributed by atoms with Gasteiger partial charge in [-0.05, 0) is 35.4 Å². The first-order valence-corrected chi connectivity index (χ1v) is 8.80. The maximum Gasteiger partial charge on any atom is 0.270 e. The first-order chi connectivity index (χ1) is 12.6. The number of carbonyl (C=O) groups is 1. The highest BCUT2D eigenvalue weighted by Gasteiger charge is 2.33. The topological polar surface area (TPSA) is 67.9 Å². The molecule has 6 heteroatoms. The molecule has 1 amide bonds.